The molecule has 0 aliphatic carbocycles. The third-order valence-electron chi connectivity index (χ3n) is 3.35. The average molecular weight is 536 g/mol. The number of hydrogen-bond acceptors (Lipinski definition) is 0. The van der Waals surface area contributed by atoms with E-state index >= 15 is 0 Å². The van der Waals surface area contributed by atoms with Crippen molar-refractivity contribution in [3.05, 3.63) is 98.8 Å². The van der Waals surface area contributed by atoms with E-state index in [1.807, 2.05) is 0 Å². The second-order valence-electron chi connectivity index (χ2n) is 5.02. The molecule has 0 heterocycles. The molecule has 0 atom stereocenters. The van der Waals surface area contributed by atoms with Crippen LogP contribution in [0, 0.1) is 13.8 Å². The van der Waals surface area contributed by atoms with Crippen molar-refractivity contribution in [1.82, 2.24) is 0 Å². The van der Waals surface area contributed by atoms with Crippen LogP contribution < -0.4 is 24.8 Å². The normalized spacial score (nSPS) is 8.56. The molecule has 4 aromatic rings. The predicted octanol–water partition coefficient (Wildman–Crippen LogP) is 0.558. The maximum Gasteiger partial charge on any atom is 0 e. The van der Waals surface area contributed by atoms with Crippen LogP contribution in [-0.2, 0) is 25.8 Å². The van der Waals surface area contributed by atoms with Gasteiger partial charge in [-0.1, -0.05) is 12.1 Å². The third-order valence-corrected chi connectivity index (χ3v) is 3.35. The topological polar surface area (TPSA) is 0 Å². The molecule has 4 aromatic carbocycles. The summed E-state index contributed by atoms with van der Waals surface area (Å²) in [5, 5.41) is 5.32. The van der Waals surface area contributed by atoms with Gasteiger partial charge in [-0.3, -0.25) is 0 Å². The molecule has 0 bridgehead atoms. The van der Waals surface area contributed by atoms with Crippen molar-refractivity contribution >= 4 is 21.5 Å². The molecule has 0 aliphatic heterocycles. The van der Waals surface area contributed by atoms with E-state index < -0.39 is 0 Å². The fraction of sp³-hybridized carbons (Fsp3) is 0.0909. The van der Waals surface area contributed by atoms with Gasteiger partial charge >= 0.3 is 0 Å². The molecule has 3 heteroatoms. The quantitative estimate of drug-likeness (QED) is 0.247. The molecule has 4 rings (SSSR count). The second kappa shape index (κ2) is 15.4. The van der Waals surface area contributed by atoms with Crippen LogP contribution in [0.1, 0.15) is 12.8 Å². The third kappa shape index (κ3) is 8.85. The molecule has 0 nitrogen and oxygen atoms in total. The van der Waals surface area contributed by atoms with Crippen molar-refractivity contribution < 1.29 is 50.7 Å². The SMILES string of the molecule is [CH2-]CC[CH2-].[Cl-].[Cl-].[Hf].c1ccc2[cH-]ccc2c1.c1ccc2[cH-]ccc2c1. The summed E-state index contributed by atoms with van der Waals surface area (Å²) in [7, 11) is 0. The van der Waals surface area contributed by atoms with Gasteiger partial charge in [0.25, 0.3) is 0 Å². The number of halogens is 2. The van der Waals surface area contributed by atoms with Gasteiger partial charge in [-0.05, 0) is 0 Å². The minimum atomic E-state index is 0. The Morgan fingerprint density at radius 2 is 0.960 bits per heavy atom. The first kappa shape index (κ1) is 26.3. The van der Waals surface area contributed by atoms with Crippen LogP contribution in [0.4, 0.5) is 0 Å². The molecule has 25 heavy (non-hydrogen) atoms. The first-order chi connectivity index (χ1) is 10.8. The van der Waals surface area contributed by atoms with Crippen LogP contribution in [0.15, 0.2) is 84.9 Å². The van der Waals surface area contributed by atoms with Gasteiger partial charge in [0.05, 0.1) is 0 Å². The molecule has 0 unspecified atom stereocenters. The van der Waals surface area contributed by atoms with Gasteiger partial charge in [-0.25, -0.2) is 12.8 Å². The molecule has 0 radical (unpaired) electrons. The monoisotopic (exact) mass is 536 g/mol. The van der Waals surface area contributed by atoms with Gasteiger partial charge in [0.2, 0.25) is 0 Å². The summed E-state index contributed by atoms with van der Waals surface area (Å²) in [5.74, 6) is 0. The standard InChI is InChI=1S/2C9H7.C4H8.2ClH.Hf/c2*1-2-5-9-7-3-6-8(9)4-1;1-3-4-2;;;/h2*1-7H;1-4H2;2*1H;/q2*-1;-2;;;/p-2. The summed E-state index contributed by atoms with van der Waals surface area (Å²) in [6.45, 7) is 7.08. The maximum absolute atomic E-state index is 3.54. The zero-order valence-corrected chi connectivity index (χ0v) is 19.3. The minimum absolute atomic E-state index is 0. The number of rotatable bonds is 1. The summed E-state index contributed by atoms with van der Waals surface area (Å²) in [6.07, 6.45) is 1.92. The van der Waals surface area contributed by atoms with E-state index in [1.54, 1.807) is 0 Å². The van der Waals surface area contributed by atoms with Gasteiger partial charge in [-0.2, -0.15) is 35.0 Å². The van der Waals surface area contributed by atoms with E-state index in [2.05, 4.69) is 98.8 Å². The number of unbranched alkanes of at least 4 members (excludes halogenated alkanes) is 1. The molecule has 0 saturated carbocycles. The molecule has 0 fully saturated rings. The number of hydrogen-bond donors (Lipinski definition) is 0. The molecule has 0 aromatic heterocycles. The molecule has 0 saturated heterocycles. The molecular formula is C22H22Cl2Hf-6. The van der Waals surface area contributed by atoms with Crippen molar-refractivity contribution in [2.75, 3.05) is 0 Å². The van der Waals surface area contributed by atoms with Crippen LogP contribution in [0.2, 0.25) is 0 Å². The van der Waals surface area contributed by atoms with Gasteiger partial charge in [-0.15, -0.1) is 59.3 Å². The van der Waals surface area contributed by atoms with Crippen LogP contribution >= 0.6 is 0 Å². The van der Waals surface area contributed by atoms with Crippen molar-refractivity contribution in [2.24, 2.45) is 0 Å². The van der Waals surface area contributed by atoms with E-state index in [1.165, 1.54) is 21.5 Å². The van der Waals surface area contributed by atoms with E-state index in [-0.39, 0.29) is 50.7 Å². The molecule has 0 N–H and O–H groups in total. The van der Waals surface area contributed by atoms with Crippen LogP contribution in [-0.4, -0.2) is 0 Å². The van der Waals surface area contributed by atoms with Gasteiger partial charge < -0.3 is 38.7 Å². The van der Waals surface area contributed by atoms with Crippen LogP contribution in [0.5, 0.6) is 0 Å². The first-order valence-electron chi connectivity index (χ1n) is 7.64. The van der Waals surface area contributed by atoms with E-state index in [4.69, 9.17) is 0 Å². The molecular weight excluding hydrogens is 514 g/mol. The Labute approximate surface area is 183 Å². The van der Waals surface area contributed by atoms with Crippen LogP contribution in [0.3, 0.4) is 0 Å². The Hall–Kier alpha value is -0.890. The van der Waals surface area contributed by atoms with E-state index in [0.717, 1.165) is 12.8 Å². The van der Waals surface area contributed by atoms with E-state index in [9.17, 15) is 0 Å². The Balaban J connectivity index is 0. The zero-order chi connectivity index (χ0) is 15.6. The number of benzene rings is 2. The Morgan fingerprint density at radius 3 is 1.28 bits per heavy atom. The second-order valence-corrected chi connectivity index (χ2v) is 5.02. The Morgan fingerprint density at radius 1 is 0.600 bits per heavy atom. The Bertz CT molecular complexity index is 658. The van der Waals surface area contributed by atoms with Gasteiger partial charge in [0, 0.05) is 25.8 Å². The molecule has 134 valence electrons. The van der Waals surface area contributed by atoms with Crippen molar-refractivity contribution in [1.29, 1.82) is 0 Å². The van der Waals surface area contributed by atoms with Crippen molar-refractivity contribution in [3.63, 3.8) is 0 Å². The zero-order valence-electron chi connectivity index (χ0n) is 14.2. The molecule has 0 amide bonds. The van der Waals surface area contributed by atoms with E-state index in [0.29, 0.717) is 0 Å². The summed E-state index contributed by atoms with van der Waals surface area (Å²) in [5.41, 5.74) is 0. The largest absolute Gasteiger partial charge is 1.00 e. The van der Waals surface area contributed by atoms with Crippen molar-refractivity contribution in [3.8, 4) is 0 Å². The van der Waals surface area contributed by atoms with Crippen LogP contribution in [0.25, 0.3) is 21.5 Å². The first-order valence-corrected chi connectivity index (χ1v) is 7.64. The van der Waals surface area contributed by atoms with Gasteiger partial charge in [0.15, 0.2) is 0 Å². The smallest absolute Gasteiger partial charge is 0 e. The fourth-order valence-corrected chi connectivity index (χ4v) is 2.14. The number of fused-ring (bicyclic) bond motifs is 2. The summed E-state index contributed by atoms with van der Waals surface area (Å²) in [6, 6.07) is 29.3. The summed E-state index contributed by atoms with van der Waals surface area (Å²) in [4.78, 5) is 0. The Kier molecular flexibility index (Phi) is 16.2. The fourth-order valence-electron chi connectivity index (χ4n) is 2.14. The predicted molar refractivity (Wildman–Crippen MR) is 99.0 cm³/mol. The van der Waals surface area contributed by atoms with Crippen molar-refractivity contribution in [2.45, 2.75) is 12.8 Å². The molecule has 0 spiro atoms. The van der Waals surface area contributed by atoms with Gasteiger partial charge in [0.1, 0.15) is 0 Å². The average Bonchev–Trinajstić information content (AvgIpc) is 3.24. The minimum Gasteiger partial charge on any atom is -1.00 e. The summed E-state index contributed by atoms with van der Waals surface area (Å²) < 4.78 is 0. The summed E-state index contributed by atoms with van der Waals surface area (Å²) >= 11 is 0. The molecule has 0 aliphatic rings. The maximum atomic E-state index is 3.54.